The summed E-state index contributed by atoms with van der Waals surface area (Å²) in [7, 11) is 0. The Kier molecular flexibility index (Phi) is 30.5. The molecular weight excluding hydrogens is 1330 g/mol. The van der Waals surface area contributed by atoms with Gasteiger partial charge in [0, 0.05) is 48.4 Å². The van der Waals surface area contributed by atoms with E-state index in [1.807, 2.05) is 12.1 Å². The lowest BCUT2D eigenvalue weighted by Crippen LogP contribution is -2.75. The third kappa shape index (κ3) is 19.9. The standard InChI is InChI=1S/C42H65NO5.C27H45NO5.C21H25NO3/c1-3-4-5-6-7-8-9-10-11-12-13-14-15-16-17-18-19-20-29-46-40(44)47-35-24-23-34-30-36-42(45)26-25-32(2)39-41(42,37(34)38(35)48-39)27-28-43(36)31-33-21-22-33;1-2-3-4-5-6-7-8-9-10-11-12-13-14-15-16-17-18-19-24-32-27(29)33-26-22-20-25(21-23-26)28(30)31;1-12-6-7-21(24)16-10-14-4-5-15(23)18-17(14)20(21,19(12)25-18)8-9-22(16)11-13-2-3-13/h23-24,33,36,39,45H,2-22,25-31H2,1H3;20-23H,2-19,24H2,1H3;4-5,13,16,19,23-24H,1-3,6-11H2/t36?,39-,41-,42+;;16?,19-,20-,21+/m0.0/s1. The summed E-state index contributed by atoms with van der Waals surface area (Å²) in [6.07, 6.45) is 57.5. The van der Waals surface area contributed by atoms with Gasteiger partial charge in [-0.25, -0.2) is 9.59 Å². The Morgan fingerprint density at radius 2 is 0.849 bits per heavy atom. The Morgan fingerprint density at radius 1 is 0.491 bits per heavy atom. The Labute approximate surface area is 636 Å². The molecule has 4 saturated carbocycles. The zero-order valence-electron chi connectivity index (χ0n) is 65.4. The van der Waals surface area contributed by atoms with E-state index in [0.29, 0.717) is 36.9 Å². The fourth-order valence-electron chi connectivity index (χ4n) is 20.1. The summed E-state index contributed by atoms with van der Waals surface area (Å²) in [5, 5.41) is 45.6. The monoisotopic (exact) mass is 1470 g/mol. The van der Waals surface area contributed by atoms with Gasteiger partial charge in [-0.1, -0.05) is 257 Å². The van der Waals surface area contributed by atoms with Gasteiger partial charge in [-0.3, -0.25) is 19.9 Å². The molecule has 106 heavy (non-hydrogen) atoms. The number of phenolic OH excluding ortho intramolecular Hbond substituents is 1. The molecule has 6 aliphatic carbocycles. The number of hydrogen-bond donors (Lipinski definition) is 3. The van der Waals surface area contributed by atoms with E-state index in [1.165, 1.54) is 267 Å². The van der Waals surface area contributed by atoms with Crippen LogP contribution in [0, 0.1) is 22.0 Å². The second-order valence-electron chi connectivity index (χ2n) is 34.0. The summed E-state index contributed by atoms with van der Waals surface area (Å²) in [6, 6.07) is 13.4. The Morgan fingerprint density at radius 3 is 1.24 bits per heavy atom. The van der Waals surface area contributed by atoms with E-state index in [4.69, 9.17) is 28.4 Å². The molecule has 2 unspecified atom stereocenters. The minimum atomic E-state index is -0.865. The van der Waals surface area contributed by atoms with Gasteiger partial charge >= 0.3 is 12.3 Å². The highest BCUT2D eigenvalue weighted by Gasteiger charge is 2.73. The summed E-state index contributed by atoms with van der Waals surface area (Å²) < 4.78 is 34.3. The number of nitro benzene ring substituents is 1. The predicted molar refractivity (Wildman–Crippen MR) is 421 cm³/mol. The van der Waals surface area contributed by atoms with Crippen LogP contribution >= 0.6 is 0 Å². The molecule has 3 N–H and O–H groups in total. The van der Waals surface area contributed by atoms with Crippen LogP contribution in [0.3, 0.4) is 0 Å². The highest BCUT2D eigenvalue weighted by Crippen LogP contribution is 2.68. The molecule has 2 saturated heterocycles. The molecule has 588 valence electrons. The zero-order valence-corrected chi connectivity index (χ0v) is 65.4. The van der Waals surface area contributed by atoms with Crippen LogP contribution in [0.2, 0.25) is 0 Å². The lowest BCUT2D eigenvalue weighted by atomic mass is 9.48. The van der Waals surface area contributed by atoms with Crippen molar-refractivity contribution in [3.8, 4) is 28.7 Å². The van der Waals surface area contributed by atoms with Crippen molar-refractivity contribution in [3.05, 3.63) is 105 Å². The maximum absolute atomic E-state index is 12.8. The van der Waals surface area contributed by atoms with E-state index < -0.39 is 39.3 Å². The van der Waals surface area contributed by atoms with E-state index in [9.17, 15) is 35.0 Å². The molecule has 3 aromatic rings. The number of aromatic hydroxyl groups is 1. The van der Waals surface area contributed by atoms with Crippen molar-refractivity contribution in [1.82, 2.24) is 9.80 Å². The SMILES string of the molecule is C=C1CC[C@@]2(O)C3Cc4ccc(O)c5c4[C@@]2(CCN3CC2CC2)[C@H]1O5.C=C1CC[C@@]2(O)C3Cc4ccc(OC(=O)OCCCCCCCCCCCCCCCCCCCC)c5c4[C@@]2(CCN3CC2CC2)[C@H]1O5.CCCCCCCCCCCCCCCCCCCCOC(=O)Oc1ccc([N+](=O)[O-])cc1. The van der Waals surface area contributed by atoms with Crippen LogP contribution in [0.25, 0.3) is 0 Å². The minimum Gasteiger partial charge on any atom is -0.504 e. The first-order chi connectivity index (χ1) is 51.6. The number of carbonyl (C=O) groups is 2. The van der Waals surface area contributed by atoms with Gasteiger partial charge in [-0.05, 0) is 161 Å². The molecule has 0 radical (unpaired) electrons. The van der Waals surface area contributed by atoms with Crippen LogP contribution in [-0.4, -0.2) is 117 Å². The van der Waals surface area contributed by atoms with Crippen molar-refractivity contribution < 1.29 is 58.3 Å². The highest BCUT2D eigenvalue weighted by atomic mass is 16.7. The van der Waals surface area contributed by atoms with Gasteiger partial charge < -0.3 is 43.7 Å². The predicted octanol–water partition coefficient (Wildman–Crippen LogP) is 22.0. The van der Waals surface area contributed by atoms with E-state index in [-0.39, 0.29) is 41.5 Å². The largest absolute Gasteiger partial charge is 0.513 e. The molecule has 8 atom stereocenters. The number of unbranched alkanes of at least 4 members (excludes halogenated alkanes) is 34. The number of benzene rings is 3. The quantitative estimate of drug-likeness (QED) is 0.0120. The van der Waals surface area contributed by atoms with Crippen LogP contribution in [0.5, 0.6) is 28.7 Å². The Balaban J connectivity index is 0.000000168. The number of carbonyl (C=O) groups excluding carboxylic acids is 2. The second kappa shape index (κ2) is 39.8. The van der Waals surface area contributed by atoms with E-state index in [1.54, 1.807) is 6.07 Å². The Bertz CT molecular complexity index is 3310. The van der Waals surface area contributed by atoms with Gasteiger partial charge in [-0.15, -0.1) is 0 Å². The first-order valence-corrected chi connectivity index (χ1v) is 43.2. The number of rotatable bonds is 45. The maximum atomic E-state index is 12.8. The molecule has 0 aromatic heterocycles. The van der Waals surface area contributed by atoms with Crippen LogP contribution in [0.4, 0.5) is 15.3 Å². The molecule has 6 fully saturated rings. The normalized spacial score (nSPS) is 25.4. The topological polar surface area (TPSA) is 200 Å². The summed E-state index contributed by atoms with van der Waals surface area (Å²) >= 11 is 0. The molecule has 4 aliphatic heterocycles. The molecular formula is C90H135N3O13. The molecule has 16 heteroatoms. The molecule has 2 spiro atoms. The number of aliphatic hydroxyl groups is 2. The van der Waals surface area contributed by atoms with Crippen LogP contribution in [-0.2, 0) is 33.1 Å². The lowest BCUT2D eigenvalue weighted by Gasteiger charge is -2.63. The van der Waals surface area contributed by atoms with Crippen LogP contribution < -0.4 is 18.9 Å². The summed E-state index contributed by atoms with van der Waals surface area (Å²) in [6.45, 7) is 18.1. The summed E-state index contributed by atoms with van der Waals surface area (Å²) in [4.78, 5) is 39.7. The van der Waals surface area contributed by atoms with Gasteiger partial charge in [0.2, 0.25) is 0 Å². The summed E-state index contributed by atoms with van der Waals surface area (Å²) in [5.41, 5.74) is 4.10. The number of phenols is 1. The fourth-order valence-corrected chi connectivity index (χ4v) is 20.1. The number of nitrogens with zero attached hydrogens (tertiary/aromatic N) is 3. The molecule has 3 aromatic carbocycles. The first kappa shape index (κ1) is 81.3. The number of hydrogen-bond acceptors (Lipinski definition) is 15. The van der Waals surface area contributed by atoms with Crippen molar-refractivity contribution in [2.75, 3.05) is 39.4 Å². The second-order valence-corrected chi connectivity index (χ2v) is 34.0. The Hall–Kier alpha value is -5.68. The summed E-state index contributed by atoms with van der Waals surface area (Å²) in [5.74, 6) is 3.69. The number of nitro groups is 1. The molecule has 0 amide bonds. The number of likely N-dealkylation sites (tertiary alicyclic amines) is 2. The van der Waals surface area contributed by atoms with Crippen LogP contribution in [0.1, 0.15) is 331 Å². The van der Waals surface area contributed by atoms with Crippen molar-refractivity contribution in [2.45, 2.75) is 368 Å². The van der Waals surface area contributed by atoms with Gasteiger partial charge in [0.15, 0.2) is 23.0 Å². The van der Waals surface area contributed by atoms with Crippen molar-refractivity contribution in [2.24, 2.45) is 11.8 Å². The van der Waals surface area contributed by atoms with Crippen LogP contribution in [0.15, 0.2) is 72.8 Å². The molecule has 16 nitrogen and oxygen atoms in total. The van der Waals surface area contributed by atoms with Crippen molar-refractivity contribution in [3.63, 3.8) is 0 Å². The van der Waals surface area contributed by atoms with Gasteiger partial charge in [0.05, 0.1) is 40.2 Å². The highest BCUT2D eigenvalue weighted by molar-refractivity contribution is 5.70. The molecule has 4 bridgehead atoms. The molecule has 13 rings (SSSR count). The third-order valence-corrected chi connectivity index (χ3v) is 26.3. The number of non-ortho nitro benzene ring substituents is 1. The van der Waals surface area contributed by atoms with E-state index in [0.717, 1.165) is 131 Å². The molecule has 10 aliphatic rings. The molecule has 4 heterocycles. The van der Waals surface area contributed by atoms with E-state index in [2.05, 4.69) is 42.9 Å². The maximum Gasteiger partial charge on any atom is 0.513 e. The zero-order chi connectivity index (χ0) is 74.4. The average molecular weight is 1470 g/mol. The first-order valence-electron chi connectivity index (χ1n) is 43.2. The van der Waals surface area contributed by atoms with Gasteiger partial charge in [-0.2, -0.15) is 0 Å². The van der Waals surface area contributed by atoms with Crippen molar-refractivity contribution >= 4 is 18.0 Å². The van der Waals surface area contributed by atoms with Crippen molar-refractivity contribution in [1.29, 1.82) is 0 Å². The van der Waals surface area contributed by atoms with Gasteiger partial charge in [0.25, 0.3) is 5.69 Å². The average Bonchev–Trinajstić information content (AvgIpc) is 1.41. The van der Waals surface area contributed by atoms with Gasteiger partial charge in [0.1, 0.15) is 18.0 Å². The minimum absolute atomic E-state index is 0.0467. The smallest absolute Gasteiger partial charge is 0.504 e. The number of ether oxygens (including phenoxy) is 6. The third-order valence-electron chi connectivity index (χ3n) is 26.3. The fraction of sp³-hybridized carbons (Fsp3) is 0.733. The lowest BCUT2D eigenvalue weighted by molar-refractivity contribution is -0.384. The number of piperidine rings is 2. The van der Waals surface area contributed by atoms with E-state index >= 15 is 0 Å².